The van der Waals surface area contributed by atoms with Crippen molar-refractivity contribution in [2.45, 2.75) is 5.60 Å². The molecule has 0 aliphatic carbocycles. The van der Waals surface area contributed by atoms with Crippen LogP contribution in [-0.4, -0.2) is 17.9 Å². The number of ether oxygens (including phenoxy) is 1. The fraction of sp³-hybridized carbons (Fsp3) is 0.100. The van der Waals surface area contributed by atoms with E-state index >= 15 is 0 Å². The number of nitrogens with zero attached hydrogens (tertiary/aromatic N) is 2. The summed E-state index contributed by atoms with van der Waals surface area (Å²) in [5, 5.41) is 0. The highest BCUT2D eigenvalue weighted by Gasteiger charge is 2.55. The third-order valence-corrected chi connectivity index (χ3v) is 4.34. The number of hydrogen-bond donors (Lipinski definition) is 0. The Hall–Kier alpha value is -3.21. The molecule has 3 aromatic rings. The van der Waals surface area contributed by atoms with E-state index in [2.05, 4.69) is 4.98 Å². The van der Waals surface area contributed by atoms with Gasteiger partial charge >= 0.3 is 0 Å². The monoisotopic (exact) mass is 334 g/mol. The van der Waals surface area contributed by atoms with Crippen LogP contribution in [0.5, 0.6) is 5.75 Å². The third kappa shape index (κ3) is 2.28. The molecule has 2 heterocycles. The largest absolute Gasteiger partial charge is 0.466 e. The highest BCUT2D eigenvalue weighted by molar-refractivity contribution is 6.08. The summed E-state index contributed by atoms with van der Waals surface area (Å²) in [6.45, 7) is 0. The average molecular weight is 334 g/mol. The molecule has 1 aliphatic heterocycles. The fourth-order valence-corrected chi connectivity index (χ4v) is 3.18. The lowest BCUT2D eigenvalue weighted by Gasteiger charge is -2.28. The number of pyridine rings is 1. The zero-order valence-corrected chi connectivity index (χ0v) is 13.5. The number of fused-ring (bicyclic) bond motifs is 1. The summed E-state index contributed by atoms with van der Waals surface area (Å²) in [6, 6.07) is 18.5. The van der Waals surface area contributed by atoms with Crippen molar-refractivity contribution in [2.24, 2.45) is 0 Å². The van der Waals surface area contributed by atoms with Crippen molar-refractivity contribution >= 4 is 11.6 Å². The molecule has 1 atom stereocenters. The molecule has 5 heteroatoms. The summed E-state index contributed by atoms with van der Waals surface area (Å²) in [6.07, 6.45) is 1.59. The number of amides is 1. The Kier molecular flexibility index (Phi) is 3.50. The van der Waals surface area contributed by atoms with Crippen LogP contribution >= 0.6 is 0 Å². The Morgan fingerprint density at radius 2 is 1.80 bits per heavy atom. The van der Waals surface area contributed by atoms with Crippen molar-refractivity contribution in [1.29, 1.82) is 0 Å². The minimum Gasteiger partial charge on any atom is -0.466 e. The van der Waals surface area contributed by atoms with Crippen molar-refractivity contribution in [3.05, 3.63) is 90.0 Å². The van der Waals surface area contributed by atoms with E-state index in [1.807, 2.05) is 18.2 Å². The third-order valence-electron chi connectivity index (χ3n) is 4.34. The topological polar surface area (TPSA) is 42.4 Å². The number of carbonyl (C=O) groups excluding carboxylic acids is 1. The van der Waals surface area contributed by atoms with E-state index in [0.717, 1.165) is 0 Å². The zero-order chi connectivity index (χ0) is 17.4. The van der Waals surface area contributed by atoms with Gasteiger partial charge in [0.2, 0.25) is 0 Å². The number of anilines is 1. The summed E-state index contributed by atoms with van der Waals surface area (Å²) < 4.78 is 20.2. The number of hydrogen-bond acceptors (Lipinski definition) is 3. The summed E-state index contributed by atoms with van der Waals surface area (Å²) in [5.74, 6) is -0.235. The highest BCUT2D eigenvalue weighted by atomic mass is 19.1. The molecule has 0 radical (unpaired) electrons. The number of benzene rings is 2. The molecule has 4 rings (SSSR count). The molecule has 0 unspecified atom stereocenters. The maximum absolute atomic E-state index is 14.0. The van der Waals surface area contributed by atoms with Gasteiger partial charge in [-0.25, -0.2) is 4.39 Å². The van der Waals surface area contributed by atoms with Gasteiger partial charge in [-0.3, -0.25) is 9.78 Å². The molecule has 124 valence electrons. The molecule has 0 spiro atoms. The molecular formula is C20H15FN2O2. The molecule has 2 aromatic carbocycles. The van der Waals surface area contributed by atoms with Crippen LogP contribution in [0.2, 0.25) is 0 Å². The van der Waals surface area contributed by atoms with Crippen LogP contribution in [0, 0.1) is 5.82 Å². The van der Waals surface area contributed by atoms with Crippen molar-refractivity contribution in [3.63, 3.8) is 0 Å². The zero-order valence-electron chi connectivity index (χ0n) is 13.5. The molecule has 4 nitrogen and oxygen atoms in total. The number of likely N-dealkylation sites (N-methyl/N-ethyl adjacent to an activating group) is 1. The van der Waals surface area contributed by atoms with Gasteiger partial charge in [-0.15, -0.1) is 0 Å². The molecule has 0 bridgehead atoms. The maximum atomic E-state index is 14.0. The Morgan fingerprint density at radius 3 is 2.52 bits per heavy atom. The minimum atomic E-state index is -1.52. The van der Waals surface area contributed by atoms with Crippen LogP contribution in [0.15, 0.2) is 72.9 Å². The van der Waals surface area contributed by atoms with Gasteiger partial charge in [0, 0.05) is 18.8 Å². The average Bonchev–Trinajstić information content (AvgIpc) is 2.85. The molecule has 0 N–H and O–H groups in total. The van der Waals surface area contributed by atoms with E-state index in [0.29, 0.717) is 22.7 Å². The standard InChI is InChI=1S/C20H15FN2O2/c1-23-17-11-10-14(21)13-16(17)20(19(23)24,18-9-5-6-12-22-18)25-15-7-3-2-4-8-15/h2-13H,1H3/t20-/m1/s1. The lowest BCUT2D eigenvalue weighted by Crippen LogP contribution is -2.45. The van der Waals surface area contributed by atoms with Gasteiger partial charge < -0.3 is 9.64 Å². The Morgan fingerprint density at radius 1 is 1.04 bits per heavy atom. The maximum Gasteiger partial charge on any atom is 0.282 e. The van der Waals surface area contributed by atoms with E-state index in [4.69, 9.17) is 4.74 Å². The van der Waals surface area contributed by atoms with Gasteiger partial charge in [0.15, 0.2) is 0 Å². The smallest absolute Gasteiger partial charge is 0.282 e. The van der Waals surface area contributed by atoms with Gasteiger partial charge in [0.25, 0.3) is 11.5 Å². The first-order valence-electron chi connectivity index (χ1n) is 7.86. The predicted molar refractivity (Wildman–Crippen MR) is 91.9 cm³/mol. The first kappa shape index (κ1) is 15.3. The lowest BCUT2D eigenvalue weighted by molar-refractivity contribution is -0.130. The van der Waals surface area contributed by atoms with E-state index in [9.17, 15) is 9.18 Å². The number of halogens is 1. The van der Waals surface area contributed by atoms with E-state index < -0.39 is 11.4 Å². The van der Waals surface area contributed by atoms with Gasteiger partial charge in [-0.1, -0.05) is 24.3 Å². The van der Waals surface area contributed by atoms with Crippen molar-refractivity contribution < 1.29 is 13.9 Å². The molecule has 1 aromatic heterocycles. The second-order valence-corrected chi connectivity index (χ2v) is 5.84. The van der Waals surface area contributed by atoms with Crippen LogP contribution in [0.3, 0.4) is 0 Å². The Bertz CT molecular complexity index is 931. The van der Waals surface area contributed by atoms with Crippen LogP contribution in [0.25, 0.3) is 0 Å². The van der Waals surface area contributed by atoms with Crippen molar-refractivity contribution in [3.8, 4) is 5.75 Å². The number of para-hydroxylation sites is 1. The first-order valence-corrected chi connectivity index (χ1v) is 7.86. The summed E-state index contributed by atoms with van der Waals surface area (Å²) in [7, 11) is 1.65. The van der Waals surface area contributed by atoms with Crippen LogP contribution in [0.4, 0.5) is 10.1 Å². The van der Waals surface area contributed by atoms with Crippen molar-refractivity contribution in [2.75, 3.05) is 11.9 Å². The fourth-order valence-electron chi connectivity index (χ4n) is 3.18. The lowest BCUT2D eigenvalue weighted by atomic mass is 9.90. The van der Waals surface area contributed by atoms with Gasteiger partial charge in [-0.2, -0.15) is 0 Å². The molecule has 0 fully saturated rings. The van der Waals surface area contributed by atoms with E-state index in [1.165, 1.54) is 17.0 Å². The summed E-state index contributed by atoms with van der Waals surface area (Å²) >= 11 is 0. The normalized spacial score (nSPS) is 19.0. The molecule has 0 saturated carbocycles. The summed E-state index contributed by atoms with van der Waals surface area (Å²) in [4.78, 5) is 19.1. The quantitative estimate of drug-likeness (QED) is 0.736. The Balaban J connectivity index is 1.99. The minimum absolute atomic E-state index is 0.310. The molecule has 25 heavy (non-hydrogen) atoms. The molecule has 0 saturated heterocycles. The predicted octanol–water partition coefficient (Wildman–Crippen LogP) is 3.52. The number of carbonyl (C=O) groups is 1. The molecule has 1 amide bonds. The summed E-state index contributed by atoms with van der Waals surface area (Å²) in [5.41, 5.74) is -0.0509. The van der Waals surface area contributed by atoms with Crippen LogP contribution in [-0.2, 0) is 10.4 Å². The van der Waals surface area contributed by atoms with Crippen LogP contribution in [0.1, 0.15) is 11.3 Å². The second-order valence-electron chi connectivity index (χ2n) is 5.84. The number of rotatable bonds is 3. The Labute approximate surface area is 144 Å². The van der Waals surface area contributed by atoms with E-state index in [-0.39, 0.29) is 5.91 Å². The van der Waals surface area contributed by atoms with Gasteiger partial charge in [0.1, 0.15) is 11.6 Å². The molecular weight excluding hydrogens is 319 g/mol. The highest BCUT2D eigenvalue weighted by Crippen LogP contribution is 2.46. The van der Waals surface area contributed by atoms with Gasteiger partial charge in [0.05, 0.1) is 11.4 Å². The van der Waals surface area contributed by atoms with E-state index in [1.54, 1.807) is 49.6 Å². The van der Waals surface area contributed by atoms with Gasteiger partial charge in [-0.05, 0) is 42.5 Å². The first-order chi connectivity index (χ1) is 12.1. The molecule has 1 aliphatic rings. The second kappa shape index (κ2) is 5.70. The van der Waals surface area contributed by atoms with Crippen LogP contribution < -0.4 is 9.64 Å². The SMILES string of the molecule is CN1C(=O)[C@](Oc2ccccc2)(c2ccccn2)c2cc(F)ccc21. The van der Waals surface area contributed by atoms with Crippen molar-refractivity contribution in [1.82, 2.24) is 4.98 Å². The number of aromatic nitrogens is 1.